The fourth-order valence-electron chi connectivity index (χ4n) is 1.86. The van der Waals surface area contributed by atoms with Gasteiger partial charge in [-0.1, -0.05) is 19.1 Å². The first kappa shape index (κ1) is 17.6. The van der Waals surface area contributed by atoms with Gasteiger partial charge in [-0.3, -0.25) is 4.79 Å². The van der Waals surface area contributed by atoms with Crippen LogP contribution in [-0.2, 0) is 14.8 Å². The van der Waals surface area contributed by atoms with Crippen LogP contribution in [0.15, 0.2) is 29.2 Å². The van der Waals surface area contributed by atoms with Gasteiger partial charge in [-0.15, -0.1) is 0 Å². The predicted molar refractivity (Wildman–Crippen MR) is 80.2 cm³/mol. The van der Waals surface area contributed by atoms with Crippen molar-refractivity contribution in [2.75, 3.05) is 14.1 Å². The Balaban J connectivity index is 3.01. The smallest absolute Gasteiger partial charge is 0.241 e. The summed E-state index contributed by atoms with van der Waals surface area (Å²) in [6, 6.07) is 5.23. The second-order valence-corrected chi connectivity index (χ2v) is 6.79. The van der Waals surface area contributed by atoms with Crippen molar-refractivity contribution in [3.63, 3.8) is 0 Å². The lowest BCUT2D eigenvalue weighted by molar-refractivity contribution is -0.130. The van der Waals surface area contributed by atoms with Gasteiger partial charge in [-0.05, 0) is 31.0 Å². The third kappa shape index (κ3) is 4.52. The maximum atomic E-state index is 12.3. The largest absolute Gasteiger partial charge is 0.388 e. The highest BCUT2D eigenvalue weighted by atomic mass is 32.2. The first-order chi connectivity index (χ1) is 9.69. The van der Waals surface area contributed by atoms with E-state index in [2.05, 4.69) is 4.72 Å². The molecule has 7 heteroatoms. The SMILES string of the molecule is CCC(O)c1cccc(S(=O)(=O)NC(C)C(=O)N(C)C)c1. The first-order valence-corrected chi connectivity index (χ1v) is 8.19. The lowest BCUT2D eigenvalue weighted by atomic mass is 10.1. The van der Waals surface area contributed by atoms with Crippen LogP contribution >= 0.6 is 0 Å². The van der Waals surface area contributed by atoms with Crippen LogP contribution in [0.3, 0.4) is 0 Å². The first-order valence-electron chi connectivity index (χ1n) is 6.70. The van der Waals surface area contributed by atoms with E-state index in [1.54, 1.807) is 26.2 Å². The summed E-state index contributed by atoms with van der Waals surface area (Å²) < 4.78 is 26.9. The van der Waals surface area contributed by atoms with Crippen LogP contribution in [0.5, 0.6) is 0 Å². The fraction of sp³-hybridized carbons (Fsp3) is 0.500. The van der Waals surface area contributed by atoms with Crippen molar-refractivity contribution in [1.29, 1.82) is 0 Å². The molecular formula is C14H22N2O4S. The molecule has 118 valence electrons. The molecule has 0 fully saturated rings. The van der Waals surface area contributed by atoms with E-state index in [1.807, 2.05) is 6.92 Å². The average molecular weight is 314 g/mol. The molecule has 21 heavy (non-hydrogen) atoms. The molecule has 0 saturated heterocycles. The molecule has 0 aromatic heterocycles. The van der Waals surface area contributed by atoms with Gasteiger partial charge in [0, 0.05) is 14.1 Å². The van der Waals surface area contributed by atoms with E-state index in [-0.39, 0.29) is 10.8 Å². The standard InChI is InChI=1S/C14H22N2O4S/c1-5-13(17)11-7-6-8-12(9-11)21(19,20)15-10(2)14(18)16(3)4/h6-10,13,15,17H,5H2,1-4H3. The van der Waals surface area contributed by atoms with Crippen molar-refractivity contribution >= 4 is 15.9 Å². The van der Waals surface area contributed by atoms with Crippen molar-refractivity contribution in [3.8, 4) is 0 Å². The van der Waals surface area contributed by atoms with Crippen LogP contribution < -0.4 is 4.72 Å². The Labute approximate surface area is 125 Å². The number of sulfonamides is 1. The Morgan fingerprint density at radius 1 is 1.38 bits per heavy atom. The molecule has 2 unspecified atom stereocenters. The number of likely N-dealkylation sites (N-methyl/N-ethyl adjacent to an activating group) is 1. The second kappa shape index (κ2) is 7.02. The maximum Gasteiger partial charge on any atom is 0.241 e. The van der Waals surface area contributed by atoms with Crippen molar-refractivity contribution in [2.45, 2.75) is 37.3 Å². The minimum absolute atomic E-state index is 0.0332. The maximum absolute atomic E-state index is 12.3. The third-order valence-electron chi connectivity index (χ3n) is 3.08. The fourth-order valence-corrected chi connectivity index (χ4v) is 3.11. The highest BCUT2D eigenvalue weighted by Crippen LogP contribution is 2.20. The van der Waals surface area contributed by atoms with E-state index < -0.39 is 22.2 Å². The number of hydrogen-bond acceptors (Lipinski definition) is 4. The number of benzene rings is 1. The summed E-state index contributed by atoms with van der Waals surface area (Å²) in [6.07, 6.45) is -0.215. The molecule has 0 radical (unpaired) electrons. The molecule has 0 saturated carbocycles. The molecule has 6 nitrogen and oxygen atoms in total. The molecule has 0 heterocycles. The summed E-state index contributed by atoms with van der Waals surface area (Å²) in [5.41, 5.74) is 0.534. The van der Waals surface area contributed by atoms with E-state index >= 15 is 0 Å². The summed E-state index contributed by atoms with van der Waals surface area (Å²) in [6.45, 7) is 3.30. The van der Waals surface area contributed by atoms with E-state index in [9.17, 15) is 18.3 Å². The van der Waals surface area contributed by atoms with Crippen molar-refractivity contribution in [2.24, 2.45) is 0 Å². The minimum Gasteiger partial charge on any atom is -0.388 e. The van der Waals surface area contributed by atoms with Crippen LogP contribution in [0.25, 0.3) is 0 Å². The molecule has 1 rings (SSSR count). The van der Waals surface area contributed by atoms with Crippen LogP contribution in [-0.4, -0.2) is 44.5 Å². The minimum atomic E-state index is -3.81. The highest BCUT2D eigenvalue weighted by molar-refractivity contribution is 7.89. The van der Waals surface area contributed by atoms with Gasteiger partial charge in [0.1, 0.15) is 0 Å². The number of nitrogens with zero attached hydrogens (tertiary/aromatic N) is 1. The van der Waals surface area contributed by atoms with Gasteiger partial charge >= 0.3 is 0 Å². The van der Waals surface area contributed by atoms with Crippen molar-refractivity contribution in [1.82, 2.24) is 9.62 Å². The van der Waals surface area contributed by atoms with Gasteiger partial charge in [0.15, 0.2) is 0 Å². The Bertz CT molecular complexity index is 599. The molecule has 1 aromatic rings. The third-order valence-corrected chi connectivity index (χ3v) is 4.62. The average Bonchev–Trinajstić information content (AvgIpc) is 2.45. The number of aliphatic hydroxyl groups is 1. The lowest BCUT2D eigenvalue weighted by Gasteiger charge is -2.18. The van der Waals surface area contributed by atoms with Crippen molar-refractivity contribution < 1.29 is 18.3 Å². The molecule has 0 aliphatic rings. The molecule has 0 bridgehead atoms. The monoisotopic (exact) mass is 314 g/mol. The molecule has 2 N–H and O–H groups in total. The number of amides is 1. The van der Waals surface area contributed by atoms with Gasteiger partial charge in [0.25, 0.3) is 0 Å². The Kier molecular flexibility index (Phi) is 5.88. The number of carbonyl (C=O) groups is 1. The zero-order chi connectivity index (χ0) is 16.2. The second-order valence-electron chi connectivity index (χ2n) is 5.07. The van der Waals surface area contributed by atoms with Crippen LogP contribution in [0.4, 0.5) is 0 Å². The van der Waals surface area contributed by atoms with Gasteiger partial charge < -0.3 is 10.0 Å². The highest BCUT2D eigenvalue weighted by Gasteiger charge is 2.23. The summed E-state index contributed by atoms with van der Waals surface area (Å²) in [5.74, 6) is -0.330. The van der Waals surface area contributed by atoms with E-state index in [1.165, 1.54) is 24.0 Å². The summed E-state index contributed by atoms with van der Waals surface area (Å²) in [4.78, 5) is 13.1. The molecule has 0 aliphatic heterocycles. The summed E-state index contributed by atoms with van der Waals surface area (Å²) in [5, 5.41) is 9.79. The zero-order valence-corrected chi connectivity index (χ0v) is 13.5. The molecular weight excluding hydrogens is 292 g/mol. The van der Waals surface area contributed by atoms with Crippen molar-refractivity contribution in [3.05, 3.63) is 29.8 Å². The Hall–Kier alpha value is -1.44. The lowest BCUT2D eigenvalue weighted by Crippen LogP contribution is -2.44. The topological polar surface area (TPSA) is 86.7 Å². The van der Waals surface area contributed by atoms with Gasteiger partial charge in [0.2, 0.25) is 15.9 Å². The number of rotatable bonds is 6. The Morgan fingerprint density at radius 2 is 2.00 bits per heavy atom. The van der Waals surface area contributed by atoms with Gasteiger partial charge in [-0.2, -0.15) is 4.72 Å². The number of aliphatic hydroxyl groups excluding tert-OH is 1. The quantitative estimate of drug-likeness (QED) is 0.816. The molecule has 1 aromatic carbocycles. The zero-order valence-electron chi connectivity index (χ0n) is 12.7. The normalized spacial score (nSPS) is 14.5. The summed E-state index contributed by atoms with van der Waals surface area (Å²) in [7, 11) is -0.689. The molecule has 1 amide bonds. The predicted octanol–water partition coefficient (Wildman–Crippen LogP) is 0.885. The van der Waals surface area contributed by atoms with Crippen LogP contribution in [0.1, 0.15) is 31.9 Å². The number of carbonyl (C=O) groups excluding carboxylic acids is 1. The number of hydrogen-bond donors (Lipinski definition) is 2. The summed E-state index contributed by atoms with van der Waals surface area (Å²) >= 11 is 0. The molecule has 2 atom stereocenters. The molecule has 0 aliphatic carbocycles. The van der Waals surface area contributed by atoms with Gasteiger partial charge in [-0.25, -0.2) is 8.42 Å². The Morgan fingerprint density at radius 3 is 2.52 bits per heavy atom. The van der Waals surface area contributed by atoms with E-state index in [0.29, 0.717) is 12.0 Å². The van der Waals surface area contributed by atoms with E-state index in [4.69, 9.17) is 0 Å². The van der Waals surface area contributed by atoms with Crippen LogP contribution in [0, 0.1) is 0 Å². The number of nitrogens with one attached hydrogen (secondary N) is 1. The van der Waals surface area contributed by atoms with Crippen LogP contribution in [0.2, 0.25) is 0 Å². The van der Waals surface area contributed by atoms with Gasteiger partial charge in [0.05, 0.1) is 17.0 Å². The van der Waals surface area contributed by atoms with E-state index in [0.717, 1.165) is 0 Å². The molecule has 0 spiro atoms.